The molecule has 0 fully saturated rings. The summed E-state index contributed by atoms with van der Waals surface area (Å²) in [5, 5.41) is 10.9. The van der Waals surface area contributed by atoms with Crippen molar-refractivity contribution in [2.24, 2.45) is 4.99 Å². The number of nitrogens with zero attached hydrogens (tertiary/aromatic N) is 2. The normalized spacial score (nSPS) is 12.1. The van der Waals surface area contributed by atoms with Gasteiger partial charge >= 0.3 is 0 Å². The van der Waals surface area contributed by atoms with Crippen LogP contribution in [0.3, 0.4) is 0 Å². The van der Waals surface area contributed by atoms with E-state index in [-0.39, 0.29) is 0 Å². The number of rotatable bonds is 6. The fraction of sp³-hybridized carbons (Fsp3) is 0.368. The third-order valence-corrected chi connectivity index (χ3v) is 4.65. The molecule has 0 saturated carbocycles. The Hall–Kier alpha value is -2.34. The van der Waals surface area contributed by atoms with Crippen LogP contribution in [-0.4, -0.2) is 17.5 Å². The van der Waals surface area contributed by atoms with Crippen LogP contribution >= 0.6 is 11.3 Å². The molecule has 2 N–H and O–H groups in total. The molecule has 5 nitrogen and oxygen atoms in total. The number of benzene rings is 1. The second-order valence-corrected chi connectivity index (χ2v) is 7.06. The number of fused-ring (bicyclic) bond motifs is 1. The zero-order valence-electron chi connectivity index (χ0n) is 14.9. The van der Waals surface area contributed by atoms with Crippen LogP contribution in [0.5, 0.6) is 0 Å². The highest BCUT2D eigenvalue weighted by Gasteiger charge is 2.07. The average Bonchev–Trinajstić information content (AvgIpc) is 3.23. The standard InChI is InChI=1S/C19H24N4OS/c1-4-20-19(22-11-18-23-16(12-25-18)13(2)3)21-10-15-9-14-7-5-6-8-17(14)24-15/h5-9,12-13H,4,10-11H2,1-3H3,(H2,20,21,22). The van der Waals surface area contributed by atoms with E-state index >= 15 is 0 Å². The molecule has 0 aliphatic heterocycles. The van der Waals surface area contributed by atoms with Crippen LogP contribution in [0.15, 0.2) is 45.1 Å². The molecule has 3 aromatic rings. The van der Waals surface area contributed by atoms with Crippen molar-refractivity contribution in [1.82, 2.24) is 15.6 Å². The van der Waals surface area contributed by atoms with Gasteiger partial charge in [0.05, 0.1) is 12.2 Å². The topological polar surface area (TPSA) is 62.5 Å². The maximum Gasteiger partial charge on any atom is 0.192 e. The zero-order chi connectivity index (χ0) is 17.6. The van der Waals surface area contributed by atoms with E-state index < -0.39 is 0 Å². The summed E-state index contributed by atoms with van der Waals surface area (Å²) in [4.78, 5) is 9.26. The third kappa shape index (κ3) is 4.60. The van der Waals surface area contributed by atoms with Gasteiger partial charge in [0, 0.05) is 17.3 Å². The first-order valence-electron chi connectivity index (χ1n) is 8.59. The summed E-state index contributed by atoms with van der Waals surface area (Å²) in [5.41, 5.74) is 2.04. The molecule has 132 valence electrons. The molecule has 0 aliphatic carbocycles. The minimum atomic E-state index is 0.458. The smallest absolute Gasteiger partial charge is 0.192 e. The van der Waals surface area contributed by atoms with Crippen LogP contribution in [0.4, 0.5) is 0 Å². The summed E-state index contributed by atoms with van der Waals surface area (Å²) in [6, 6.07) is 10.0. The van der Waals surface area contributed by atoms with Gasteiger partial charge in [-0.2, -0.15) is 0 Å². The first-order valence-corrected chi connectivity index (χ1v) is 9.47. The minimum absolute atomic E-state index is 0.458. The van der Waals surface area contributed by atoms with Crippen LogP contribution in [0, 0.1) is 0 Å². The van der Waals surface area contributed by atoms with Crippen molar-refractivity contribution in [3.8, 4) is 0 Å². The summed E-state index contributed by atoms with van der Waals surface area (Å²) < 4.78 is 5.82. The van der Waals surface area contributed by atoms with E-state index in [2.05, 4.69) is 46.8 Å². The summed E-state index contributed by atoms with van der Waals surface area (Å²) in [6.45, 7) is 8.35. The minimum Gasteiger partial charge on any atom is -0.459 e. The highest BCUT2D eigenvalue weighted by Crippen LogP contribution is 2.19. The van der Waals surface area contributed by atoms with Crippen molar-refractivity contribution >= 4 is 28.3 Å². The van der Waals surface area contributed by atoms with Crippen LogP contribution < -0.4 is 10.6 Å². The Morgan fingerprint density at radius 3 is 2.84 bits per heavy atom. The molecule has 2 aromatic heterocycles. The molecule has 0 spiro atoms. The monoisotopic (exact) mass is 356 g/mol. The number of hydrogen-bond donors (Lipinski definition) is 2. The number of furan rings is 1. The number of guanidine groups is 1. The highest BCUT2D eigenvalue weighted by atomic mass is 32.1. The predicted molar refractivity (Wildman–Crippen MR) is 104 cm³/mol. The van der Waals surface area contributed by atoms with Crippen molar-refractivity contribution < 1.29 is 4.42 Å². The summed E-state index contributed by atoms with van der Waals surface area (Å²) in [7, 11) is 0. The average molecular weight is 356 g/mol. The summed E-state index contributed by atoms with van der Waals surface area (Å²) in [5.74, 6) is 2.08. The first-order chi connectivity index (χ1) is 12.2. The zero-order valence-corrected chi connectivity index (χ0v) is 15.7. The van der Waals surface area contributed by atoms with Gasteiger partial charge in [0.1, 0.15) is 22.9 Å². The van der Waals surface area contributed by atoms with Crippen molar-refractivity contribution in [2.45, 2.75) is 39.8 Å². The number of aromatic nitrogens is 1. The SMILES string of the molecule is CCNC(=NCc1cc2ccccc2o1)NCc1nc(C(C)C)cs1. The van der Waals surface area contributed by atoms with Gasteiger partial charge in [0.2, 0.25) is 0 Å². The molecule has 1 aromatic carbocycles. The van der Waals surface area contributed by atoms with Gasteiger partial charge in [0.15, 0.2) is 5.96 Å². The molecule has 0 amide bonds. The molecule has 0 aliphatic rings. The molecular formula is C19H24N4OS. The van der Waals surface area contributed by atoms with E-state index in [4.69, 9.17) is 4.42 Å². The molecule has 0 radical (unpaired) electrons. The summed E-state index contributed by atoms with van der Waals surface area (Å²) >= 11 is 1.68. The fourth-order valence-corrected chi connectivity index (χ4v) is 3.34. The number of nitrogens with one attached hydrogen (secondary N) is 2. The van der Waals surface area contributed by atoms with E-state index in [1.165, 1.54) is 0 Å². The lowest BCUT2D eigenvalue weighted by molar-refractivity contribution is 0.551. The van der Waals surface area contributed by atoms with Crippen LogP contribution in [0.1, 0.15) is 43.2 Å². The van der Waals surface area contributed by atoms with E-state index in [9.17, 15) is 0 Å². The largest absolute Gasteiger partial charge is 0.459 e. The highest BCUT2D eigenvalue weighted by molar-refractivity contribution is 7.09. The number of para-hydroxylation sites is 1. The quantitative estimate of drug-likeness (QED) is 0.511. The molecule has 0 unspecified atom stereocenters. The van der Waals surface area contributed by atoms with Crippen molar-refractivity contribution in [3.05, 3.63) is 52.2 Å². The van der Waals surface area contributed by atoms with Gasteiger partial charge in [-0.05, 0) is 25.0 Å². The molecule has 0 saturated heterocycles. The predicted octanol–water partition coefficient (Wildman–Crippen LogP) is 4.27. The number of thiazole rings is 1. The summed E-state index contributed by atoms with van der Waals surface area (Å²) in [6.07, 6.45) is 0. The Bertz CT molecular complexity index is 817. The molecule has 0 bridgehead atoms. The van der Waals surface area contributed by atoms with Gasteiger partial charge in [-0.25, -0.2) is 9.98 Å². The molecular weight excluding hydrogens is 332 g/mol. The Kier molecular flexibility index (Phi) is 5.71. The Morgan fingerprint density at radius 1 is 1.28 bits per heavy atom. The maximum atomic E-state index is 5.82. The Balaban J connectivity index is 1.63. The van der Waals surface area contributed by atoms with Gasteiger partial charge in [-0.15, -0.1) is 11.3 Å². The van der Waals surface area contributed by atoms with Gasteiger partial charge in [0.25, 0.3) is 0 Å². The second kappa shape index (κ2) is 8.16. The van der Waals surface area contributed by atoms with Gasteiger partial charge in [-0.3, -0.25) is 0 Å². The van der Waals surface area contributed by atoms with Crippen molar-refractivity contribution in [2.75, 3.05) is 6.54 Å². The van der Waals surface area contributed by atoms with Crippen molar-refractivity contribution in [1.29, 1.82) is 0 Å². The van der Waals surface area contributed by atoms with Gasteiger partial charge in [-0.1, -0.05) is 32.0 Å². The maximum absolute atomic E-state index is 5.82. The van der Waals surface area contributed by atoms with Crippen molar-refractivity contribution in [3.63, 3.8) is 0 Å². The molecule has 6 heteroatoms. The lowest BCUT2D eigenvalue weighted by atomic mass is 10.2. The van der Waals surface area contributed by atoms with E-state index in [0.717, 1.165) is 39.9 Å². The van der Waals surface area contributed by atoms with Gasteiger partial charge < -0.3 is 15.1 Å². The Labute approximate surface area is 152 Å². The Morgan fingerprint density at radius 2 is 2.12 bits per heavy atom. The molecule has 3 rings (SSSR count). The van der Waals surface area contributed by atoms with E-state index in [0.29, 0.717) is 19.0 Å². The lowest BCUT2D eigenvalue weighted by Gasteiger charge is -2.09. The number of aliphatic imine (C=N–C) groups is 1. The van der Waals surface area contributed by atoms with Crippen LogP contribution in [0.25, 0.3) is 11.0 Å². The first kappa shape index (κ1) is 17.5. The number of hydrogen-bond acceptors (Lipinski definition) is 4. The van der Waals surface area contributed by atoms with Crippen LogP contribution in [0.2, 0.25) is 0 Å². The van der Waals surface area contributed by atoms with E-state index in [1.54, 1.807) is 11.3 Å². The second-order valence-electron chi connectivity index (χ2n) is 6.12. The van der Waals surface area contributed by atoms with Crippen LogP contribution in [-0.2, 0) is 13.1 Å². The lowest BCUT2D eigenvalue weighted by Crippen LogP contribution is -2.36. The molecule has 2 heterocycles. The fourth-order valence-electron chi connectivity index (χ4n) is 2.44. The molecule has 0 atom stereocenters. The molecule has 25 heavy (non-hydrogen) atoms. The third-order valence-electron chi connectivity index (χ3n) is 3.78. The van der Waals surface area contributed by atoms with E-state index in [1.807, 2.05) is 30.3 Å².